The summed E-state index contributed by atoms with van der Waals surface area (Å²) in [5.74, 6) is -0.132. The molecule has 1 N–H and O–H groups in total. The van der Waals surface area contributed by atoms with Crippen LogP contribution in [0, 0.1) is 12.7 Å². The van der Waals surface area contributed by atoms with E-state index in [-0.39, 0.29) is 11.7 Å². The smallest absolute Gasteiger partial charge is 0.221 e. The number of rotatable bonds is 7. The fourth-order valence-electron chi connectivity index (χ4n) is 3.15. The zero-order valence-corrected chi connectivity index (χ0v) is 15.2. The van der Waals surface area contributed by atoms with Crippen LogP contribution in [0.25, 0.3) is 0 Å². The number of amides is 1. The van der Waals surface area contributed by atoms with E-state index in [0.717, 1.165) is 44.1 Å². The van der Waals surface area contributed by atoms with Crippen LogP contribution >= 0.6 is 0 Å². The number of piperazine rings is 1. The molecule has 0 atom stereocenters. The van der Waals surface area contributed by atoms with Gasteiger partial charge in [-0.05, 0) is 31.2 Å². The van der Waals surface area contributed by atoms with Crippen molar-refractivity contribution in [3.63, 3.8) is 0 Å². The number of nitrogens with one attached hydrogen (secondary N) is 1. The van der Waals surface area contributed by atoms with E-state index in [9.17, 15) is 9.18 Å². The summed E-state index contributed by atoms with van der Waals surface area (Å²) in [5.41, 5.74) is 2.03. The van der Waals surface area contributed by atoms with Crippen molar-refractivity contribution in [2.45, 2.75) is 19.9 Å². The Labute approximate surface area is 153 Å². The van der Waals surface area contributed by atoms with Crippen molar-refractivity contribution in [3.8, 4) is 0 Å². The first kappa shape index (κ1) is 18.4. The summed E-state index contributed by atoms with van der Waals surface area (Å²) in [4.78, 5) is 20.7. The normalized spacial score (nSPS) is 15.2. The quantitative estimate of drug-likeness (QED) is 0.817. The van der Waals surface area contributed by atoms with Gasteiger partial charge in [0, 0.05) is 64.1 Å². The Morgan fingerprint density at radius 3 is 2.54 bits per heavy atom. The number of hydrogen-bond acceptors (Lipinski definition) is 4. The minimum absolute atomic E-state index is 0.0706. The molecule has 0 aliphatic carbocycles. The predicted molar refractivity (Wildman–Crippen MR) is 99.6 cm³/mol. The van der Waals surface area contributed by atoms with E-state index < -0.39 is 0 Å². The van der Waals surface area contributed by atoms with Crippen LogP contribution < -0.4 is 10.2 Å². The molecule has 1 aliphatic heterocycles. The molecule has 0 unspecified atom stereocenters. The van der Waals surface area contributed by atoms with Crippen molar-refractivity contribution in [3.05, 3.63) is 48.3 Å². The molecule has 2 aromatic rings. The van der Waals surface area contributed by atoms with Gasteiger partial charge in [0.2, 0.25) is 5.91 Å². The van der Waals surface area contributed by atoms with Crippen LogP contribution in [0.5, 0.6) is 0 Å². The molecule has 2 heterocycles. The number of imidazole rings is 1. The highest BCUT2D eigenvalue weighted by Crippen LogP contribution is 2.16. The van der Waals surface area contributed by atoms with Gasteiger partial charge in [0.25, 0.3) is 0 Å². The number of benzene rings is 1. The molecule has 7 heteroatoms. The first-order chi connectivity index (χ1) is 12.6. The van der Waals surface area contributed by atoms with E-state index in [0.29, 0.717) is 19.5 Å². The highest BCUT2D eigenvalue weighted by molar-refractivity contribution is 5.75. The monoisotopic (exact) mass is 359 g/mol. The predicted octanol–water partition coefficient (Wildman–Crippen LogP) is 1.66. The van der Waals surface area contributed by atoms with Crippen LogP contribution in [-0.4, -0.2) is 59.6 Å². The number of hydrogen-bond donors (Lipinski definition) is 1. The van der Waals surface area contributed by atoms with Crippen molar-refractivity contribution >= 4 is 11.6 Å². The molecule has 1 aliphatic rings. The van der Waals surface area contributed by atoms with Crippen LogP contribution in [-0.2, 0) is 11.3 Å². The molecule has 1 amide bonds. The fraction of sp³-hybridized carbons (Fsp3) is 0.474. The average molecular weight is 359 g/mol. The van der Waals surface area contributed by atoms with Gasteiger partial charge in [-0.1, -0.05) is 0 Å². The molecule has 1 fully saturated rings. The molecule has 1 aromatic carbocycles. The van der Waals surface area contributed by atoms with Crippen LogP contribution in [0.2, 0.25) is 0 Å². The van der Waals surface area contributed by atoms with E-state index in [1.807, 2.05) is 29.8 Å². The molecule has 26 heavy (non-hydrogen) atoms. The second-order valence-electron chi connectivity index (χ2n) is 6.66. The molecule has 0 saturated carbocycles. The Bertz CT molecular complexity index is 707. The Kier molecular flexibility index (Phi) is 6.22. The van der Waals surface area contributed by atoms with Gasteiger partial charge in [-0.2, -0.15) is 0 Å². The Morgan fingerprint density at radius 2 is 1.88 bits per heavy atom. The van der Waals surface area contributed by atoms with Gasteiger partial charge >= 0.3 is 0 Å². The fourth-order valence-corrected chi connectivity index (χ4v) is 3.15. The maximum atomic E-state index is 13.0. The minimum atomic E-state index is -0.202. The summed E-state index contributed by atoms with van der Waals surface area (Å²) >= 11 is 0. The Morgan fingerprint density at radius 1 is 1.15 bits per heavy atom. The molecule has 1 saturated heterocycles. The van der Waals surface area contributed by atoms with E-state index in [4.69, 9.17) is 0 Å². The lowest BCUT2D eigenvalue weighted by Gasteiger charge is -2.36. The standard InChI is InChI=1S/C19H26FN5O/c1-16-14-24(15-22-16)8-6-19(26)21-7-9-23-10-12-25(13-11-23)18-4-2-17(20)3-5-18/h2-5,14-15H,6-13H2,1H3,(H,21,26). The topological polar surface area (TPSA) is 53.4 Å². The third kappa shape index (κ3) is 5.29. The molecule has 0 spiro atoms. The third-order valence-corrected chi connectivity index (χ3v) is 4.67. The number of aromatic nitrogens is 2. The molecular weight excluding hydrogens is 333 g/mol. The zero-order valence-electron chi connectivity index (χ0n) is 15.2. The third-order valence-electron chi connectivity index (χ3n) is 4.67. The highest BCUT2D eigenvalue weighted by Gasteiger charge is 2.17. The Hall–Kier alpha value is -2.41. The molecule has 0 bridgehead atoms. The summed E-state index contributed by atoms with van der Waals surface area (Å²) in [6.45, 7) is 7.84. The molecule has 140 valence electrons. The maximum Gasteiger partial charge on any atom is 0.221 e. The minimum Gasteiger partial charge on any atom is -0.369 e. The van der Waals surface area contributed by atoms with Crippen molar-refractivity contribution in [1.82, 2.24) is 19.8 Å². The molecule has 3 rings (SSSR count). The van der Waals surface area contributed by atoms with Gasteiger partial charge < -0.3 is 14.8 Å². The zero-order chi connectivity index (χ0) is 18.4. The summed E-state index contributed by atoms with van der Waals surface area (Å²) in [5, 5.41) is 2.99. The lowest BCUT2D eigenvalue weighted by Crippen LogP contribution is -2.48. The molecule has 6 nitrogen and oxygen atoms in total. The summed E-state index contributed by atoms with van der Waals surface area (Å²) in [6.07, 6.45) is 4.16. The van der Waals surface area contributed by atoms with Crippen molar-refractivity contribution in [1.29, 1.82) is 0 Å². The highest BCUT2D eigenvalue weighted by atomic mass is 19.1. The van der Waals surface area contributed by atoms with Gasteiger partial charge in [-0.15, -0.1) is 0 Å². The van der Waals surface area contributed by atoms with Crippen LogP contribution in [0.15, 0.2) is 36.8 Å². The van der Waals surface area contributed by atoms with E-state index in [2.05, 4.69) is 20.1 Å². The van der Waals surface area contributed by atoms with Crippen LogP contribution in [0.3, 0.4) is 0 Å². The summed E-state index contributed by atoms with van der Waals surface area (Å²) < 4.78 is 14.9. The van der Waals surface area contributed by atoms with Gasteiger partial charge in [-0.25, -0.2) is 9.37 Å². The average Bonchev–Trinajstić information content (AvgIpc) is 3.07. The maximum absolute atomic E-state index is 13.0. The lowest BCUT2D eigenvalue weighted by molar-refractivity contribution is -0.121. The van der Waals surface area contributed by atoms with Crippen LogP contribution in [0.4, 0.5) is 10.1 Å². The molecule has 0 radical (unpaired) electrons. The molecule has 1 aromatic heterocycles. The van der Waals surface area contributed by atoms with Gasteiger partial charge in [-0.3, -0.25) is 9.69 Å². The lowest BCUT2D eigenvalue weighted by atomic mass is 10.2. The van der Waals surface area contributed by atoms with Crippen LogP contribution in [0.1, 0.15) is 12.1 Å². The first-order valence-electron chi connectivity index (χ1n) is 9.08. The molecular formula is C19H26FN5O. The van der Waals surface area contributed by atoms with Gasteiger partial charge in [0.05, 0.1) is 12.0 Å². The van der Waals surface area contributed by atoms with E-state index >= 15 is 0 Å². The Balaban J connectivity index is 1.31. The number of carbonyl (C=O) groups excluding carboxylic acids is 1. The van der Waals surface area contributed by atoms with Gasteiger partial charge in [0.15, 0.2) is 0 Å². The van der Waals surface area contributed by atoms with E-state index in [1.54, 1.807) is 6.33 Å². The number of carbonyl (C=O) groups is 1. The second-order valence-corrected chi connectivity index (χ2v) is 6.66. The van der Waals surface area contributed by atoms with Crippen molar-refractivity contribution in [2.75, 3.05) is 44.2 Å². The number of aryl methyl sites for hydroxylation is 2. The van der Waals surface area contributed by atoms with Gasteiger partial charge in [0.1, 0.15) is 5.82 Å². The first-order valence-corrected chi connectivity index (χ1v) is 9.08. The summed E-state index contributed by atoms with van der Waals surface area (Å²) in [6, 6.07) is 6.66. The van der Waals surface area contributed by atoms with E-state index in [1.165, 1.54) is 12.1 Å². The largest absolute Gasteiger partial charge is 0.369 e. The number of halogens is 1. The summed E-state index contributed by atoms with van der Waals surface area (Å²) in [7, 11) is 0. The SMILES string of the molecule is Cc1cn(CCC(=O)NCCN2CCN(c3ccc(F)cc3)CC2)cn1. The van der Waals surface area contributed by atoms with Crippen molar-refractivity contribution < 1.29 is 9.18 Å². The number of nitrogens with zero attached hydrogens (tertiary/aromatic N) is 4. The number of anilines is 1. The van der Waals surface area contributed by atoms with Crippen molar-refractivity contribution in [2.24, 2.45) is 0 Å². The second kappa shape index (κ2) is 8.80.